The Morgan fingerprint density at radius 1 is 0.938 bits per heavy atom. The summed E-state index contributed by atoms with van der Waals surface area (Å²) in [6, 6.07) is 6.09. The fourth-order valence-electron chi connectivity index (χ4n) is 7.73. The molecule has 2 saturated heterocycles. The molecule has 4 fully saturated rings. The van der Waals surface area contributed by atoms with E-state index in [4.69, 9.17) is 9.47 Å². The molecule has 0 aromatic heterocycles. The first-order chi connectivity index (χ1) is 23.0. The molecule has 1 aromatic carbocycles. The van der Waals surface area contributed by atoms with Gasteiger partial charge in [0.05, 0.1) is 11.8 Å². The van der Waals surface area contributed by atoms with E-state index in [1.54, 1.807) is 0 Å². The molecular formula is C33H41N5O9S. The summed E-state index contributed by atoms with van der Waals surface area (Å²) in [7, 11) is -4.36. The predicted molar refractivity (Wildman–Crippen MR) is 169 cm³/mol. The minimum Gasteiger partial charge on any atom is -0.446 e. The van der Waals surface area contributed by atoms with Crippen LogP contribution in [0, 0.1) is 5.92 Å². The molecule has 0 radical (unpaired) electrons. The summed E-state index contributed by atoms with van der Waals surface area (Å²) in [5, 5.41) is 4.50. The number of ether oxygens (including phenoxy) is 2. The fourth-order valence-corrected chi connectivity index (χ4v) is 9.24. The van der Waals surface area contributed by atoms with E-state index in [1.165, 1.54) is 4.90 Å². The van der Waals surface area contributed by atoms with Crippen molar-refractivity contribution in [1.29, 1.82) is 0 Å². The molecule has 15 heteroatoms. The average molecular weight is 684 g/mol. The van der Waals surface area contributed by atoms with Crippen molar-refractivity contribution in [2.75, 3.05) is 6.54 Å². The zero-order chi connectivity index (χ0) is 33.6. The van der Waals surface area contributed by atoms with E-state index < -0.39 is 75.4 Å². The number of carbonyl (C=O) groups excluding carboxylic acids is 5. The number of allylic oxidation sites excluding steroid dienone is 1. The van der Waals surface area contributed by atoms with E-state index in [0.717, 1.165) is 35.3 Å². The minimum absolute atomic E-state index is 0.0348. The third-order valence-corrected chi connectivity index (χ3v) is 12.3. The number of rotatable bonds is 1. The highest BCUT2D eigenvalue weighted by atomic mass is 32.2. The number of nitrogens with one attached hydrogen (secondary N) is 3. The molecular weight excluding hydrogens is 642 g/mol. The molecule has 48 heavy (non-hydrogen) atoms. The topological polar surface area (TPSA) is 181 Å². The number of amides is 5. The number of hydrogen-bond donors (Lipinski definition) is 3. The lowest BCUT2D eigenvalue weighted by Gasteiger charge is -2.37. The lowest BCUT2D eigenvalue weighted by Crippen LogP contribution is -2.68. The highest BCUT2D eigenvalue weighted by Gasteiger charge is 2.62. The molecule has 1 aromatic rings. The molecule has 4 aliphatic heterocycles. The summed E-state index contributed by atoms with van der Waals surface area (Å²) < 4.78 is 40.8. The second-order valence-electron chi connectivity index (χ2n) is 13.8. The van der Waals surface area contributed by atoms with Gasteiger partial charge in [0.1, 0.15) is 18.2 Å². The second-order valence-corrected chi connectivity index (χ2v) is 15.8. The van der Waals surface area contributed by atoms with Gasteiger partial charge in [0.15, 0.2) is 0 Å². The first kappa shape index (κ1) is 32.4. The van der Waals surface area contributed by atoms with Crippen molar-refractivity contribution in [2.45, 2.75) is 112 Å². The minimum atomic E-state index is -4.36. The van der Waals surface area contributed by atoms with Crippen LogP contribution in [0.15, 0.2) is 36.4 Å². The van der Waals surface area contributed by atoms with Gasteiger partial charge < -0.3 is 25.0 Å². The summed E-state index contributed by atoms with van der Waals surface area (Å²) in [5.74, 6) is -2.77. The maximum atomic E-state index is 14.5. The predicted octanol–water partition coefficient (Wildman–Crippen LogP) is 1.98. The Morgan fingerprint density at radius 3 is 2.48 bits per heavy atom. The molecule has 3 N–H and O–H groups in total. The van der Waals surface area contributed by atoms with Gasteiger partial charge in [-0.1, -0.05) is 49.3 Å². The Morgan fingerprint density at radius 2 is 1.71 bits per heavy atom. The summed E-state index contributed by atoms with van der Waals surface area (Å²) in [4.78, 5) is 72.4. The van der Waals surface area contributed by atoms with Crippen molar-refractivity contribution in [2.24, 2.45) is 5.92 Å². The molecule has 6 aliphatic rings. The molecule has 14 nitrogen and oxygen atoms in total. The van der Waals surface area contributed by atoms with Crippen molar-refractivity contribution in [3.63, 3.8) is 0 Å². The summed E-state index contributed by atoms with van der Waals surface area (Å²) >= 11 is 0. The van der Waals surface area contributed by atoms with E-state index >= 15 is 0 Å². The second kappa shape index (κ2) is 12.7. The van der Waals surface area contributed by atoms with Crippen LogP contribution in [0.4, 0.5) is 9.59 Å². The first-order valence-electron chi connectivity index (χ1n) is 16.9. The van der Waals surface area contributed by atoms with Gasteiger partial charge in [0, 0.05) is 32.0 Å². The van der Waals surface area contributed by atoms with Crippen LogP contribution in [0.2, 0.25) is 0 Å². The summed E-state index contributed by atoms with van der Waals surface area (Å²) in [5.41, 5.74) is -0.446. The first-order valence-corrected chi connectivity index (χ1v) is 18.4. The Kier molecular flexibility index (Phi) is 8.58. The van der Waals surface area contributed by atoms with Crippen LogP contribution in [0.5, 0.6) is 0 Å². The molecule has 4 bridgehead atoms. The van der Waals surface area contributed by atoms with Crippen molar-refractivity contribution >= 4 is 39.9 Å². The van der Waals surface area contributed by atoms with Crippen molar-refractivity contribution in [3.8, 4) is 0 Å². The number of benzene rings is 1. The molecule has 7 unspecified atom stereocenters. The maximum Gasteiger partial charge on any atom is 0.410 e. The molecule has 4 heterocycles. The fraction of sp³-hybridized carbons (Fsp3) is 0.606. The number of alkyl carbamates (subject to hydrolysis) is 1. The van der Waals surface area contributed by atoms with Gasteiger partial charge in [0.2, 0.25) is 21.5 Å². The van der Waals surface area contributed by atoms with E-state index in [-0.39, 0.29) is 44.2 Å². The quantitative estimate of drug-likeness (QED) is 0.295. The van der Waals surface area contributed by atoms with E-state index in [9.17, 15) is 32.4 Å². The number of nitrogens with zero attached hydrogens (tertiary/aromatic N) is 2. The van der Waals surface area contributed by atoms with Crippen LogP contribution in [-0.4, -0.2) is 89.8 Å². The number of sulfonamides is 1. The van der Waals surface area contributed by atoms with Gasteiger partial charge in [-0.05, 0) is 55.6 Å². The van der Waals surface area contributed by atoms with Crippen LogP contribution in [0.25, 0.3) is 0 Å². The number of hydrogen-bond acceptors (Lipinski definition) is 9. The number of fused-ring (bicyclic) bond motifs is 5. The lowest BCUT2D eigenvalue weighted by molar-refractivity contribution is -0.153. The Labute approximate surface area is 279 Å². The summed E-state index contributed by atoms with van der Waals surface area (Å²) in [6.45, 7) is 0.253. The maximum absolute atomic E-state index is 14.5. The van der Waals surface area contributed by atoms with E-state index in [2.05, 4.69) is 21.4 Å². The monoisotopic (exact) mass is 683 g/mol. The van der Waals surface area contributed by atoms with Crippen molar-refractivity contribution < 1.29 is 41.9 Å². The van der Waals surface area contributed by atoms with Gasteiger partial charge in [-0.15, -0.1) is 0 Å². The highest BCUT2D eigenvalue weighted by Crippen LogP contribution is 2.39. The lowest BCUT2D eigenvalue weighted by atomic mass is 9.92. The normalized spacial score (nSPS) is 34.8. The SMILES string of the molecule is O=C1NC2CCCCCC=CC3CC3NC(=O)C3(CC(OC(=O)N4Cc5ccccc5C4)CN3C2=O)C(=O)NS(=O)(=O)C2CCC(C2)O1. The molecule has 7 atom stereocenters. The van der Waals surface area contributed by atoms with Crippen LogP contribution in [0.1, 0.15) is 75.3 Å². The molecule has 2 aliphatic carbocycles. The molecule has 2 saturated carbocycles. The molecule has 258 valence electrons. The van der Waals surface area contributed by atoms with Crippen LogP contribution in [0.3, 0.4) is 0 Å². The smallest absolute Gasteiger partial charge is 0.410 e. The van der Waals surface area contributed by atoms with Crippen LogP contribution in [-0.2, 0) is 47.0 Å². The van der Waals surface area contributed by atoms with Gasteiger partial charge in [-0.2, -0.15) is 0 Å². The van der Waals surface area contributed by atoms with E-state index in [1.807, 2.05) is 30.3 Å². The van der Waals surface area contributed by atoms with Crippen LogP contribution < -0.4 is 15.4 Å². The summed E-state index contributed by atoms with van der Waals surface area (Å²) in [6.07, 6.45) is 4.41. The zero-order valence-corrected chi connectivity index (χ0v) is 27.4. The molecule has 7 rings (SSSR count). The largest absolute Gasteiger partial charge is 0.446 e. The third-order valence-electron chi connectivity index (χ3n) is 10.5. The molecule has 0 spiro atoms. The Hall–Kier alpha value is -4.14. The zero-order valence-electron chi connectivity index (χ0n) is 26.6. The van der Waals surface area contributed by atoms with Gasteiger partial charge in [-0.3, -0.25) is 24.0 Å². The number of carbonyl (C=O) groups is 5. The van der Waals surface area contributed by atoms with Crippen molar-refractivity contribution in [1.82, 2.24) is 25.2 Å². The van der Waals surface area contributed by atoms with Gasteiger partial charge in [-0.25, -0.2) is 18.0 Å². The van der Waals surface area contributed by atoms with Crippen LogP contribution >= 0.6 is 0 Å². The Bertz CT molecular complexity index is 1620. The van der Waals surface area contributed by atoms with Gasteiger partial charge in [0.25, 0.3) is 11.8 Å². The van der Waals surface area contributed by atoms with E-state index in [0.29, 0.717) is 25.9 Å². The third kappa shape index (κ3) is 6.24. The van der Waals surface area contributed by atoms with Crippen molar-refractivity contribution in [3.05, 3.63) is 47.5 Å². The Balaban J connectivity index is 1.25. The average Bonchev–Trinajstić information content (AvgIpc) is 3.40. The van der Waals surface area contributed by atoms with Gasteiger partial charge >= 0.3 is 12.2 Å². The highest BCUT2D eigenvalue weighted by molar-refractivity contribution is 7.90. The molecule has 5 amide bonds. The standard InChI is InChI=1S/C33H41N5O9S/c39-28-26-11-5-3-1-2-4-8-20-14-27(20)34-29(40)33(30(41)36-48(44,45)25-13-12-23(15-25)46-31(42)35-26)16-24(19-38(28)33)47-32(43)37-17-21-9-6-7-10-22(21)18-37/h4,6-10,20,23-27H,1-3,5,11-19H2,(H,34,40)(H,35,42)(H,36,41).